The molecule has 1 atom stereocenters. The van der Waals surface area contributed by atoms with Crippen LogP contribution in [0.3, 0.4) is 0 Å². The molecule has 3 heterocycles. The molecule has 0 radical (unpaired) electrons. The molecule has 0 aliphatic carbocycles. The largest absolute Gasteiger partial charge is 0.503 e. The standard InChI is InChI=1S/C32H25Cl2N3O7S2/c1-4-43-21-11-9-16(12-23(21)42-3)26-25(27(38)24-13-17-6-5-7-22(41-2)29(17)44-24)28(39)30(40)37(26)31-35-36-32(46-31)45-15-18-8-10-19(33)14-20(18)34/h5-14,26,39H,4,15H2,1-3H3. The van der Waals surface area contributed by atoms with Crippen LogP contribution in [-0.4, -0.2) is 47.8 Å². The van der Waals surface area contributed by atoms with Gasteiger partial charge in [-0.15, -0.1) is 10.2 Å². The SMILES string of the molecule is CCOc1ccc(C2C(C(=O)c3cc4cccc(OC)c4o3)=C(O)C(=O)N2c2nnc(SCc3ccc(Cl)cc3Cl)s2)cc1OC. The first-order valence-electron chi connectivity index (χ1n) is 13.8. The number of Topliss-reactive ketones (excluding diaryl/α,β-unsaturated/α-hetero) is 1. The Balaban J connectivity index is 1.40. The summed E-state index contributed by atoms with van der Waals surface area (Å²) in [6.45, 7) is 2.24. The number of aromatic nitrogens is 2. The van der Waals surface area contributed by atoms with Crippen molar-refractivity contribution in [1.29, 1.82) is 0 Å². The number of carbonyl (C=O) groups is 2. The van der Waals surface area contributed by atoms with Gasteiger partial charge in [0.1, 0.15) is 0 Å². The number of rotatable bonds is 11. The number of hydrogen-bond donors (Lipinski definition) is 1. The molecular formula is C32H25Cl2N3O7S2. The Morgan fingerprint density at radius 1 is 1.04 bits per heavy atom. The van der Waals surface area contributed by atoms with Gasteiger partial charge in [-0.3, -0.25) is 14.5 Å². The van der Waals surface area contributed by atoms with E-state index in [1.165, 1.54) is 30.9 Å². The molecule has 0 saturated heterocycles. The van der Waals surface area contributed by atoms with Crippen LogP contribution in [0.2, 0.25) is 10.0 Å². The van der Waals surface area contributed by atoms with E-state index in [2.05, 4.69) is 10.2 Å². The summed E-state index contributed by atoms with van der Waals surface area (Å²) in [5, 5.41) is 21.7. The normalized spacial score (nSPS) is 14.8. The average molecular weight is 699 g/mol. The number of amides is 1. The lowest BCUT2D eigenvalue weighted by atomic mass is 9.95. The van der Waals surface area contributed by atoms with Crippen LogP contribution in [0.1, 0.15) is 34.6 Å². The molecule has 2 aromatic heterocycles. The second-order valence-electron chi connectivity index (χ2n) is 9.88. The van der Waals surface area contributed by atoms with Crippen molar-refractivity contribution < 1.29 is 33.3 Å². The van der Waals surface area contributed by atoms with Crippen LogP contribution in [0, 0.1) is 0 Å². The molecule has 10 nitrogen and oxygen atoms in total. The molecule has 1 amide bonds. The number of para-hydroxylation sites is 1. The van der Waals surface area contributed by atoms with E-state index in [0.717, 1.165) is 16.9 Å². The molecule has 1 unspecified atom stereocenters. The first kappa shape index (κ1) is 31.7. The van der Waals surface area contributed by atoms with Gasteiger partial charge in [-0.1, -0.05) is 70.6 Å². The monoisotopic (exact) mass is 697 g/mol. The highest BCUT2D eigenvalue weighted by Gasteiger charge is 2.47. The highest BCUT2D eigenvalue weighted by Crippen LogP contribution is 2.46. The van der Waals surface area contributed by atoms with Crippen molar-refractivity contribution in [2.75, 3.05) is 25.7 Å². The minimum atomic E-state index is -1.10. The lowest BCUT2D eigenvalue weighted by molar-refractivity contribution is -0.117. The molecule has 0 fully saturated rings. The third kappa shape index (κ3) is 5.89. The molecule has 236 valence electrons. The van der Waals surface area contributed by atoms with Crippen molar-refractivity contribution in [3.05, 3.63) is 98.9 Å². The Morgan fingerprint density at radius 2 is 1.85 bits per heavy atom. The van der Waals surface area contributed by atoms with E-state index in [1.54, 1.807) is 54.6 Å². The molecule has 0 saturated carbocycles. The Kier molecular flexibility index (Phi) is 9.14. The lowest BCUT2D eigenvalue weighted by Gasteiger charge is -2.24. The van der Waals surface area contributed by atoms with Gasteiger partial charge in [0.15, 0.2) is 38.7 Å². The number of carbonyl (C=O) groups excluding carboxylic acids is 2. The zero-order valence-electron chi connectivity index (χ0n) is 24.6. The van der Waals surface area contributed by atoms with E-state index < -0.39 is 23.5 Å². The average Bonchev–Trinajstić information content (AvgIpc) is 3.77. The highest BCUT2D eigenvalue weighted by atomic mass is 35.5. The summed E-state index contributed by atoms with van der Waals surface area (Å²) in [5.74, 6) is -0.535. The Hall–Kier alpha value is -4.23. The van der Waals surface area contributed by atoms with Crippen LogP contribution in [0.15, 0.2) is 80.8 Å². The molecule has 3 aromatic carbocycles. The number of nitrogens with zero attached hydrogens (tertiary/aromatic N) is 3. The summed E-state index contributed by atoms with van der Waals surface area (Å²) in [6, 6.07) is 16.0. The smallest absolute Gasteiger partial charge is 0.296 e. The first-order valence-corrected chi connectivity index (χ1v) is 16.4. The van der Waals surface area contributed by atoms with Crippen LogP contribution < -0.4 is 19.1 Å². The number of furan rings is 1. The van der Waals surface area contributed by atoms with Gasteiger partial charge >= 0.3 is 0 Å². The molecular weight excluding hydrogens is 673 g/mol. The molecule has 1 N–H and O–H groups in total. The lowest BCUT2D eigenvalue weighted by Crippen LogP contribution is -2.31. The van der Waals surface area contributed by atoms with Gasteiger partial charge in [-0.25, -0.2) is 0 Å². The second kappa shape index (κ2) is 13.2. The van der Waals surface area contributed by atoms with E-state index in [4.69, 9.17) is 41.8 Å². The highest BCUT2D eigenvalue weighted by molar-refractivity contribution is 8.00. The number of anilines is 1. The number of benzene rings is 3. The minimum Gasteiger partial charge on any atom is -0.503 e. The van der Waals surface area contributed by atoms with Gasteiger partial charge in [-0.05, 0) is 54.4 Å². The number of aliphatic hydroxyl groups excluding tert-OH is 1. The third-order valence-electron chi connectivity index (χ3n) is 7.18. The number of ketones is 1. The van der Waals surface area contributed by atoms with Crippen LogP contribution >= 0.6 is 46.3 Å². The molecule has 6 rings (SSSR count). The van der Waals surface area contributed by atoms with Crippen molar-refractivity contribution in [3.63, 3.8) is 0 Å². The Labute approximate surface area is 281 Å². The topological polar surface area (TPSA) is 124 Å². The summed E-state index contributed by atoms with van der Waals surface area (Å²) < 4.78 is 23.1. The zero-order chi connectivity index (χ0) is 32.5. The summed E-state index contributed by atoms with van der Waals surface area (Å²) >= 11 is 14.9. The van der Waals surface area contributed by atoms with Crippen LogP contribution in [-0.2, 0) is 10.5 Å². The summed E-state index contributed by atoms with van der Waals surface area (Å²) in [5.41, 5.74) is 1.48. The van der Waals surface area contributed by atoms with Gasteiger partial charge in [0.25, 0.3) is 5.91 Å². The fourth-order valence-corrected chi connectivity index (χ4v) is 7.48. The number of ether oxygens (including phenoxy) is 3. The second-order valence-corrected chi connectivity index (χ2v) is 12.9. The zero-order valence-corrected chi connectivity index (χ0v) is 27.7. The molecule has 1 aliphatic heterocycles. The van der Waals surface area contributed by atoms with E-state index in [9.17, 15) is 14.7 Å². The Morgan fingerprint density at radius 3 is 2.59 bits per heavy atom. The van der Waals surface area contributed by atoms with Crippen molar-refractivity contribution in [2.24, 2.45) is 0 Å². The van der Waals surface area contributed by atoms with Gasteiger partial charge in [0.2, 0.25) is 10.9 Å². The Bertz CT molecular complexity index is 2010. The molecule has 1 aliphatic rings. The first-order chi connectivity index (χ1) is 22.2. The fraction of sp³-hybridized carbons (Fsp3) is 0.188. The predicted molar refractivity (Wildman–Crippen MR) is 177 cm³/mol. The van der Waals surface area contributed by atoms with Crippen LogP contribution in [0.25, 0.3) is 11.0 Å². The van der Waals surface area contributed by atoms with Gasteiger partial charge in [-0.2, -0.15) is 0 Å². The number of thioether (sulfide) groups is 1. The van der Waals surface area contributed by atoms with Crippen LogP contribution in [0.4, 0.5) is 5.13 Å². The van der Waals surface area contributed by atoms with E-state index in [-0.39, 0.29) is 16.5 Å². The van der Waals surface area contributed by atoms with Crippen molar-refractivity contribution in [3.8, 4) is 17.2 Å². The molecule has 14 heteroatoms. The molecule has 0 spiro atoms. The van der Waals surface area contributed by atoms with Crippen LogP contribution in [0.5, 0.6) is 17.2 Å². The summed E-state index contributed by atoms with van der Waals surface area (Å²) in [4.78, 5) is 29.1. The summed E-state index contributed by atoms with van der Waals surface area (Å²) in [7, 11) is 2.98. The number of hydrogen-bond acceptors (Lipinski definition) is 11. The third-order valence-corrected chi connectivity index (χ3v) is 9.87. The number of aliphatic hydroxyl groups is 1. The maximum atomic E-state index is 14.1. The quantitative estimate of drug-likeness (QED) is 0.0823. The van der Waals surface area contributed by atoms with Gasteiger partial charge in [0, 0.05) is 21.2 Å². The van der Waals surface area contributed by atoms with E-state index in [0.29, 0.717) is 60.5 Å². The predicted octanol–water partition coefficient (Wildman–Crippen LogP) is 8.08. The fourth-order valence-electron chi connectivity index (χ4n) is 5.06. The van der Waals surface area contributed by atoms with Gasteiger partial charge < -0.3 is 23.7 Å². The van der Waals surface area contributed by atoms with Crippen molar-refractivity contribution in [1.82, 2.24) is 10.2 Å². The number of fused-ring (bicyclic) bond motifs is 1. The molecule has 0 bridgehead atoms. The van der Waals surface area contributed by atoms with E-state index >= 15 is 0 Å². The minimum absolute atomic E-state index is 0.0769. The number of methoxy groups -OCH3 is 2. The van der Waals surface area contributed by atoms with Crippen molar-refractivity contribution >= 4 is 74.1 Å². The molecule has 46 heavy (non-hydrogen) atoms. The summed E-state index contributed by atoms with van der Waals surface area (Å²) in [6.07, 6.45) is 0. The van der Waals surface area contributed by atoms with Crippen molar-refractivity contribution in [2.45, 2.75) is 23.1 Å². The number of halogens is 2. The van der Waals surface area contributed by atoms with Gasteiger partial charge in [0.05, 0.1) is 32.4 Å². The maximum absolute atomic E-state index is 14.1. The maximum Gasteiger partial charge on any atom is 0.296 e. The van der Waals surface area contributed by atoms with E-state index in [1.807, 2.05) is 13.0 Å². The molecule has 5 aromatic rings.